The molecular weight excluding hydrogens is 131 g/mol. The van der Waals surface area contributed by atoms with Crippen molar-refractivity contribution in [2.24, 2.45) is 11.8 Å². The summed E-state index contributed by atoms with van der Waals surface area (Å²) in [6.45, 7) is 2.48. The first kappa shape index (κ1) is 7.70. The SMILES string of the molecule is B[C@@]1(C)CCCC[C@@H]2CCC21. The van der Waals surface area contributed by atoms with Gasteiger partial charge in [0.1, 0.15) is 7.85 Å². The Morgan fingerprint density at radius 3 is 2.64 bits per heavy atom. The molecule has 0 bridgehead atoms. The summed E-state index contributed by atoms with van der Waals surface area (Å²) in [5.74, 6) is 2.21. The van der Waals surface area contributed by atoms with Crippen molar-refractivity contribution in [3.05, 3.63) is 0 Å². The van der Waals surface area contributed by atoms with Crippen molar-refractivity contribution in [1.82, 2.24) is 0 Å². The maximum atomic E-state index is 2.48. The lowest BCUT2D eigenvalue weighted by molar-refractivity contribution is 0.127. The van der Waals surface area contributed by atoms with Gasteiger partial charge in [-0.25, -0.2) is 0 Å². The summed E-state index contributed by atoms with van der Waals surface area (Å²) in [4.78, 5) is 0. The van der Waals surface area contributed by atoms with E-state index in [1.807, 2.05) is 0 Å². The lowest BCUT2D eigenvalue weighted by Crippen LogP contribution is -2.34. The number of rotatable bonds is 0. The van der Waals surface area contributed by atoms with E-state index in [1.54, 1.807) is 0 Å². The molecule has 1 heteroatoms. The molecule has 1 unspecified atom stereocenters. The maximum absolute atomic E-state index is 2.48. The van der Waals surface area contributed by atoms with Crippen molar-refractivity contribution in [3.8, 4) is 0 Å². The molecule has 0 nitrogen and oxygen atoms in total. The average Bonchev–Trinajstić information content (AvgIpc) is 1.89. The van der Waals surface area contributed by atoms with Gasteiger partial charge >= 0.3 is 0 Å². The minimum Gasteiger partial charge on any atom is -0.0667 e. The third-order valence-electron chi connectivity index (χ3n) is 4.07. The van der Waals surface area contributed by atoms with E-state index in [9.17, 15) is 0 Å². The Morgan fingerprint density at radius 2 is 2.00 bits per heavy atom. The van der Waals surface area contributed by atoms with E-state index in [4.69, 9.17) is 0 Å². The van der Waals surface area contributed by atoms with Gasteiger partial charge in [0.05, 0.1) is 0 Å². The molecule has 0 amide bonds. The second kappa shape index (κ2) is 2.53. The Balaban J connectivity index is 2.09. The van der Waals surface area contributed by atoms with Crippen LogP contribution < -0.4 is 0 Å². The van der Waals surface area contributed by atoms with Gasteiger partial charge in [0.15, 0.2) is 0 Å². The zero-order valence-electron chi connectivity index (χ0n) is 7.90. The van der Waals surface area contributed by atoms with Crippen molar-refractivity contribution in [2.75, 3.05) is 0 Å². The van der Waals surface area contributed by atoms with Crippen molar-refractivity contribution >= 4 is 7.85 Å². The van der Waals surface area contributed by atoms with Gasteiger partial charge in [-0.05, 0) is 18.3 Å². The van der Waals surface area contributed by atoms with Crippen LogP contribution in [0.3, 0.4) is 0 Å². The van der Waals surface area contributed by atoms with Crippen LogP contribution in [-0.4, -0.2) is 7.85 Å². The molecule has 0 N–H and O–H groups in total. The molecule has 11 heavy (non-hydrogen) atoms. The van der Waals surface area contributed by atoms with Crippen LogP contribution in [-0.2, 0) is 0 Å². The van der Waals surface area contributed by atoms with E-state index in [1.165, 1.54) is 38.5 Å². The van der Waals surface area contributed by atoms with Crippen molar-refractivity contribution in [3.63, 3.8) is 0 Å². The minimum atomic E-state index is 0.680. The number of hydrogen-bond donors (Lipinski definition) is 0. The van der Waals surface area contributed by atoms with Gasteiger partial charge in [0, 0.05) is 0 Å². The van der Waals surface area contributed by atoms with Crippen LogP contribution in [0.2, 0.25) is 5.31 Å². The van der Waals surface area contributed by atoms with Crippen LogP contribution in [0, 0.1) is 11.8 Å². The third-order valence-corrected chi connectivity index (χ3v) is 4.07. The molecule has 0 spiro atoms. The predicted molar refractivity (Wildman–Crippen MR) is 51.6 cm³/mol. The summed E-state index contributed by atoms with van der Waals surface area (Å²) in [6, 6.07) is 0. The van der Waals surface area contributed by atoms with Gasteiger partial charge in [0.2, 0.25) is 0 Å². The van der Waals surface area contributed by atoms with Crippen molar-refractivity contribution in [2.45, 2.75) is 50.8 Å². The highest BCUT2D eigenvalue weighted by Crippen LogP contribution is 2.55. The Morgan fingerprint density at radius 1 is 1.18 bits per heavy atom. The second-order valence-corrected chi connectivity index (χ2v) is 5.18. The summed E-state index contributed by atoms with van der Waals surface area (Å²) in [5.41, 5.74) is 0. The molecule has 2 aliphatic carbocycles. The van der Waals surface area contributed by atoms with Crippen LogP contribution >= 0.6 is 0 Å². The van der Waals surface area contributed by atoms with Gasteiger partial charge in [0.25, 0.3) is 0 Å². The molecule has 0 heterocycles. The van der Waals surface area contributed by atoms with E-state index in [2.05, 4.69) is 14.8 Å². The van der Waals surface area contributed by atoms with Crippen LogP contribution in [0.5, 0.6) is 0 Å². The van der Waals surface area contributed by atoms with Gasteiger partial charge in [-0.3, -0.25) is 0 Å². The van der Waals surface area contributed by atoms with E-state index < -0.39 is 0 Å². The lowest BCUT2D eigenvalue weighted by atomic mass is 9.51. The first-order chi connectivity index (χ1) is 5.20. The fourth-order valence-corrected chi connectivity index (χ4v) is 3.12. The highest BCUT2D eigenvalue weighted by atomic mass is 14.4. The number of hydrogen-bond acceptors (Lipinski definition) is 0. The topological polar surface area (TPSA) is 0 Å². The molecule has 62 valence electrons. The van der Waals surface area contributed by atoms with E-state index in [0.29, 0.717) is 5.31 Å². The van der Waals surface area contributed by atoms with Gasteiger partial charge in [-0.15, -0.1) is 0 Å². The van der Waals surface area contributed by atoms with Crippen LogP contribution in [0.25, 0.3) is 0 Å². The monoisotopic (exact) mass is 150 g/mol. The van der Waals surface area contributed by atoms with Crippen LogP contribution in [0.1, 0.15) is 45.4 Å². The van der Waals surface area contributed by atoms with E-state index >= 15 is 0 Å². The van der Waals surface area contributed by atoms with Crippen molar-refractivity contribution in [1.29, 1.82) is 0 Å². The fourth-order valence-electron chi connectivity index (χ4n) is 3.12. The molecule has 0 aromatic rings. The smallest absolute Gasteiger partial charge is 0.0667 e. The lowest BCUT2D eigenvalue weighted by Gasteiger charge is -2.45. The minimum absolute atomic E-state index is 0.680. The fraction of sp³-hybridized carbons (Fsp3) is 1.00. The summed E-state index contributed by atoms with van der Waals surface area (Å²) in [5, 5.41) is 0.680. The maximum Gasteiger partial charge on any atom is 0.109 e. The van der Waals surface area contributed by atoms with Crippen LogP contribution in [0.15, 0.2) is 0 Å². The van der Waals surface area contributed by atoms with Gasteiger partial charge in [-0.2, -0.15) is 0 Å². The first-order valence-corrected chi connectivity index (χ1v) is 5.20. The average molecular weight is 150 g/mol. The molecule has 0 radical (unpaired) electrons. The quantitative estimate of drug-likeness (QED) is 0.465. The molecule has 2 saturated carbocycles. The first-order valence-electron chi connectivity index (χ1n) is 5.20. The third kappa shape index (κ3) is 1.23. The molecular formula is C10H19B. The molecule has 0 aliphatic heterocycles. The highest BCUT2D eigenvalue weighted by Gasteiger charge is 2.42. The molecule has 2 aliphatic rings. The van der Waals surface area contributed by atoms with E-state index in [0.717, 1.165) is 11.8 Å². The zero-order chi connectivity index (χ0) is 7.90. The van der Waals surface area contributed by atoms with Crippen molar-refractivity contribution < 1.29 is 0 Å². The summed E-state index contributed by atoms with van der Waals surface area (Å²) < 4.78 is 0. The summed E-state index contributed by atoms with van der Waals surface area (Å²) in [7, 11) is 2.48. The molecule has 2 fully saturated rings. The molecule has 2 rings (SSSR count). The summed E-state index contributed by atoms with van der Waals surface area (Å²) in [6.07, 6.45) is 9.07. The van der Waals surface area contributed by atoms with Gasteiger partial charge < -0.3 is 0 Å². The Hall–Kier alpha value is 0.0649. The molecule has 0 saturated heterocycles. The van der Waals surface area contributed by atoms with Crippen LogP contribution in [0.4, 0.5) is 0 Å². The largest absolute Gasteiger partial charge is 0.109 e. The predicted octanol–water partition coefficient (Wildman–Crippen LogP) is 2.40. The second-order valence-electron chi connectivity index (χ2n) is 5.18. The number of fused-ring (bicyclic) bond motifs is 1. The Labute approximate surface area is 71.2 Å². The normalized spacial score (nSPS) is 50.6. The molecule has 0 aromatic heterocycles. The Kier molecular flexibility index (Phi) is 1.77. The standard InChI is InChI=1S/C10H19B/c1-10(11)7-3-2-4-8-5-6-9(8)10/h8-9H,2-7,11H2,1H3/t8-,9?,10+/m1/s1. The van der Waals surface area contributed by atoms with E-state index in [-0.39, 0.29) is 0 Å². The molecule has 0 aromatic carbocycles. The highest BCUT2D eigenvalue weighted by molar-refractivity contribution is 6.15. The van der Waals surface area contributed by atoms with Gasteiger partial charge in [-0.1, -0.05) is 44.3 Å². The molecule has 3 atom stereocenters. The summed E-state index contributed by atoms with van der Waals surface area (Å²) >= 11 is 0. The Bertz CT molecular complexity index is 151. The zero-order valence-corrected chi connectivity index (χ0v) is 7.90.